The normalized spacial score (nSPS) is 11.6. The molecule has 1 unspecified atom stereocenters. The third kappa shape index (κ3) is 4.52. The van der Waals surface area contributed by atoms with Crippen molar-refractivity contribution in [3.05, 3.63) is 29.8 Å². The lowest BCUT2D eigenvalue weighted by Crippen LogP contribution is -2.26. The summed E-state index contributed by atoms with van der Waals surface area (Å²) in [6, 6.07) is 7.39. The second kappa shape index (κ2) is 7.09. The number of hydrogen-bond acceptors (Lipinski definition) is 4. The van der Waals surface area contributed by atoms with E-state index in [1.165, 1.54) is 0 Å². The Hall–Kier alpha value is -1.62. The molecule has 0 aliphatic heterocycles. The van der Waals surface area contributed by atoms with Crippen LogP contribution in [0.5, 0.6) is 5.75 Å². The molecule has 4 nitrogen and oxygen atoms in total. The molecule has 5 heteroatoms. The standard InChI is InChI=1S/C14H19NO3S/c1-10(16)13(9-18-14(19)15(2)3)11-5-7-12(17-4)8-6-11/h5-8,13H,9H2,1-4H3. The van der Waals surface area contributed by atoms with Crippen molar-refractivity contribution in [3.63, 3.8) is 0 Å². The number of methoxy groups -OCH3 is 1. The van der Waals surface area contributed by atoms with Crippen LogP contribution >= 0.6 is 12.2 Å². The fourth-order valence-corrected chi connectivity index (χ4v) is 1.64. The number of rotatable bonds is 5. The van der Waals surface area contributed by atoms with E-state index in [4.69, 9.17) is 21.7 Å². The van der Waals surface area contributed by atoms with Crippen molar-refractivity contribution < 1.29 is 14.3 Å². The highest BCUT2D eigenvalue weighted by atomic mass is 32.1. The van der Waals surface area contributed by atoms with Gasteiger partial charge in [0.15, 0.2) is 0 Å². The molecule has 0 saturated heterocycles. The maximum atomic E-state index is 11.7. The number of thiocarbonyl (C=S) groups is 1. The zero-order chi connectivity index (χ0) is 14.4. The minimum atomic E-state index is -0.316. The van der Waals surface area contributed by atoms with E-state index in [2.05, 4.69) is 0 Å². The Kier molecular flexibility index (Phi) is 5.76. The molecular formula is C14H19NO3S. The van der Waals surface area contributed by atoms with E-state index in [1.807, 2.05) is 24.3 Å². The van der Waals surface area contributed by atoms with Crippen LogP contribution < -0.4 is 4.74 Å². The minimum absolute atomic E-state index is 0.0479. The summed E-state index contributed by atoms with van der Waals surface area (Å²) in [6.07, 6.45) is 0. The third-order valence-electron chi connectivity index (χ3n) is 2.75. The van der Waals surface area contributed by atoms with Crippen LogP contribution in [0.1, 0.15) is 18.4 Å². The largest absolute Gasteiger partial charge is 0.497 e. The van der Waals surface area contributed by atoms with Crippen LogP contribution in [0.15, 0.2) is 24.3 Å². The van der Waals surface area contributed by atoms with Crippen molar-refractivity contribution in [2.75, 3.05) is 27.8 Å². The molecular weight excluding hydrogens is 262 g/mol. The predicted octanol–water partition coefficient (Wildman–Crippen LogP) is 2.23. The molecule has 0 bridgehead atoms. The van der Waals surface area contributed by atoms with Crippen LogP contribution in [0.2, 0.25) is 0 Å². The van der Waals surface area contributed by atoms with Crippen LogP contribution in [0.4, 0.5) is 0 Å². The Labute approximate surface area is 119 Å². The Balaban J connectivity index is 2.76. The summed E-state index contributed by atoms with van der Waals surface area (Å²) in [6.45, 7) is 1.80. The molecule has 0 aliphatic carbocycles. The van der Waals surface area contributed by atoms with Crippen molar-refractivity contribution in [2.45, 2.75) is 12.8 Å². The average Bonchev–Trinajstić information content (AvgIpc) is 2.38. The lowest BCUT2D eigenvalue weighted by atomic mass is 9.96. The van der Waals surface area contributed by atoms with Crippen LogP contribution in [-0.2, 0) is 9.53 Å². The number of hydrogen-bond donors (Lipinski definition) is 0. The number of nitrogens with zero attached hydrogens (tertiary/aromatic N) is 1. The van der Waals surface area contributed by atoms with Crippen molar-refractivity contribution in [3.8, 4) is 5.75 Å². The summed E-state index contributed by atoms with van der Waals surface area (Å²) >= 11 is 5.04. The topological polar surface area (TPSA) is 38.8 Å². The van der Waals surface area contributed by atoms with Crippen LogP contribution in [0.3, 0.4) is 0 Å². The number of carbonyl (C=O) groups is 1. The number of carbonyl (C=O) groups excluding carboxylic acids is 1. The summed E-state index contributed by atoms with van der Waals surface area (Å²) in [5, 5.41) is 0.375. The SMILES string of the molecule is COc1ccc(C(COC(=S)N(C)C)C(C)=O)cc1. The smallest absolute Gasteiger partial charge is 0.258 e. The zero-order valence-corrected chi connectivity index (χ0v) is 12.5. The fraction of sp³-hybridized carbons (Fsp3) is 0.429. The average molecular weight is 281 g/mol. The summed E-state index contributed by atoms with van der Waals surface area (Å²) in [5.74, 6) is 0.492. The maximum absolute atomic E-state index is 11.7. The van der Waals surface area contributed by atoms with Gasteiger partial charge in [-0.25, -0.2) is 0 Å². The molecule has 0 aliphatic rings. The number of ketones is 1. The van der Waals surface area contributed by atoms with E-state index in [1.54, 1.807) is 33.0 Å². The van der Waals surface area contributed by atoms with E-state index < -0.39 is 0 Å². The van der Waals surface area contributed by atoms with Gasteiger partial charge in [-0.3, -0.25) is 4.79 Å². The third-order valence-corrected chi connectivity index (χ3v) is 3.23. The van der Waals surface area contributed by atoms with Crippen molar-refractivity contribution in [2.24, 2.45) is 0 Å². The Morgan fingerprint density at radius 3 is 2.32 bits per heavy atom. The van der Waals surface area contributed by atoms with Gasteiger partial charge in [-0.05, 0) is 36.8 Å². The molecule has 0 aromatic heterocycles. The molecule has 19 heavy (non-hydrogen) atoms. The first-order chi connectivity index (χ1) is 8.95. The highest BCUT2D eigenvalue weighted by Gasteiger charge is 2.18. The lowest BCUT2D eigenvalue weighted by molar-refractivity contribution is -0.119. The minimum Gasteiger partial charge on any atom is -0.497 e. The quantitative estimate of drug-likeness (QED) is 0.774. The van der Waals surface area contributed by atoms with Gasteiger partial charge in [0, 0.05) is 14.1 Å². The molecule has 0 saturated carbocycles. The van der Waals surface area contributed by atoms with Gasteiger partial charge >= 0.3 is 0 Å². The zero-order valence-electron chi connectivity index (χ0n) is 11.7. The summed E-state index contributed by atoms with van der Waals surface area (Å²) in [7, 11) is 5.22. The summed E-state index contributed by atoms with van der Waals surface area (Å²) < 4.78 is 10.5. The van der Waals surface area contributed by atoms with Gasteiger partial charge in [-0.2, -0.15) is 0 Å². The molecule has 0 radical (unpaired) electrons. The van der Waals surface area contributed by atoms with Crippen LogP contribution in [0.25, 0.3) is 0 Å². The number of benzene rings is 1. The van der Waals surface area contributed by atoms with Crippen molar-refractivity contribution in [1.29, 1.82) is 0 Å². The van der Waals surface area contributed by atoms with Gasteiger partial charge in [0.2, 0.25) is 0 Å². The molecule has 1 rings (SSSR count). The molecule has 0 heterocycles. The molecule has 1 aromatic rings. The van der Waals surface area contributed by atoms with E-state index in [9.17, 15) is 4.79 Å². The van der Waals surface area contributed by atoms with Gasteiger partial charge in [0.1, 0.15) is 18.1 Å². The van der Waals surface area contributed by atoms with Gasteiger partial charge in [0.05, 0.1) is 13.0 Å². The highest BCUT2D eigenvalue weighted by Crippen LogP contribution is 2.21. The first-order valence-electron chi connectivity index (χ1n) is 5.94. The van der Waals surface area contributed by atoms with Gasteiger partial charge < -0.3 is 14.4 Å². The predicted molar refractivity (Wildman–Crippen MR) is 78.7 cm³/mol. The Bertz CT molecular complexity index is 443. The van der Waals surface area contributed by atoms with E-state index >= 15 is 0 Å². The van der Waals surface area contributed by atoms with E-state index in [0.717, 1.165) is 11.3 Å². The van der Waals surface area contributed by atoms with E-state index in [0.29, 0.717) is 5.17 Å². The molecule has 0 fully saturated rings. The van der Waals surface area contributed by atoms with Crippen molar-refractivity contribution in [1.82, 2.24) is 4.90 Å². The van der Waals surface area contributed by atoms with Gasteiger partial charge in [-0.1, -0.05) is 12.1 Å². The Morgan fingerprint density at radius 2 is 1.89 bits per heavy atom. The molecule has 1 atom stereocenters. The van der Waals surface area contributed by atoms with Crippen LogP contribution in [-0.4, -0.2) is 43.7 Å². The van der Waals surface area contributed by atoms with E-state index in [-0.39, 0.29) is 18.3 Å². The lowest BCUT2D eigenvalue weighted by Gasteiger charge is -2.19. The summed E-state index contributed by atoms with van der Waals surface area (Å²) in [4.78, 5) is 13.4. The monoisotopic (exact) mass is 281 g/mol. The maximum Gasteiger partial charge on any atom is 0.258 e. The first kappa shape index (κ1) is 15.4. The number of ether oxygens (including phenoxy) is 2. The van der Waals surface area contributed by atoms with Gasteiger partial charge in [0.25, 0.3) is 5.17 Å². The fourth-order valence-electron chi connectivity index (χ4n) is 1.57. The first-order valence-corrected chi connectivity index (χ1v) is 6.35. The highest BCUT2D eigenvalue weighted by molar-refractivity contribution is 7.80. The van der Waals surface area contributed by atoms with Gasteiger partial charge in [-0.15, -0.1) is 0 Å². The number of Topliss-reactive ketones (excluding diaryl/α,β-unsaturated/α-hetero) is 1. The second-order valence-electron chi connectivity index (χ2n) is 4.41. The molecule has 0 N–H and O–H groups in total. The molecule has 104 valence electrons. The molecule has 0 amide bonds. The van der Waals surface area contributed by atoms with Crippen LogP contribution in [0, 0.1) is 0 Å². The molecule has 1 aromatic carbocycles. The molecule has 0 spiro atoms. The second-order valence-corrected chi connectivity index (χ2v) is 4.76. The Morgan fingerprint density at radius 1 is 1.32 bits per heavy atom. The van der Waals surface area contributed by atoms with Crippen molar-refractivity contribution >= 4 is 23.2 Å². The summed E-state index contributed by atoms with van der Waals surface area (Å²) in [5.41, 5.74) is 0.898.